The van der Waals surface area contributed by atoms with Crippen molar-refractivity contribution in [1.82, 2.24) is 14.8 Å². The Kier molecular flexibility index (Phi) is 6.21. The Balaban J connectivity index is 1.69. The first-order chi connectivity index (χ1) is 14.8. The first-order valence-electron chi connectivity index (χ1n) is 10.3. The molecule has 5 nitrogen and oxygen atoms in total. The van der Waals surface area contributed by atoms with Crippen molar-refractivity contribution < 1.29 is 4.79 Å². The van der Waals surface area contributed by atoms with Crippen molar-refractivity contribution in [3.63, 3.8) is 0 Å². The van der Waals surface area contributed by atoms with Crippen molar-refractivity contribution in [2.75, 3.05) is 5.32 Å². The van der Waals surface area contributed by atoms with Crippen LogP contribution in [0.1, 0.15) is 56.3 Å². The number of carbonyl (C=O) groups excluding carboxylic acids is 1. The minimum atomic E-state index is -0.308. The van der Waals surface area contributed by atoms with E-state index in [1.165, 1.54) is 17.3 Å². The van der Waals surface area contributed by atoms with Gasteiger partial charge in [-0.05, 0) is 42.5 Å². The largest absolute Gasteiger partial charge is 0.328 e. The molecule has 0 bridgehead atoms. The van der Waals surface area contributed by atoms with Crippen molar-refractivity contribution in [2.45, 2.75) is 50.6 Å². The lowest BCUT2D eigenvalue weighted by molar-refractivity contribution is -0.114. The maximum absolute atomic E-state index is 12.6. The fraction of sp³-hybridized carbons (Fsp3) is 0.292. The molecule has 1 aromatic heterocycles. The van der Waals surface area contributed by atoms with Gasteiger partial charge in [-0.3, -0.25) is 4.79 Å². The van der Waals surface area contributed by atoms with Gasteiger partial charge in [-0.1, -0.05) is 79.7 Å². The molecule has 1 aliphatic heterocycles. The van der Waals surface area contributed by atoms with Crippen LogP contribution in [0.2, 0.25) is 5.02 Å². The van der Waals surface area contributed by atoms with E-state index in [-0.39, 0.29) is 11.8 Å². The number of Topliss-reactive ketones (excluding diaryl/α,β-unsaturated/α-hetero) is 1. The predicted octanol–water partition coefficient (Wildman–Crippen LogP) is 6.23. The van der Waals surface area contributed by atoms with E-state index in [9.17, 15) is 4.79 Å². The van der Waals surface area contributed by atoms with Crippen molar-refractivity contribution >= 4 is 35.1 Å². The Morgan fingerprint density at radius 2 is 1.90 bits per heavy atom. The lowest BCUT2D eigenvalue weighted by Gasteiger charge is -2.28. The van der Waals surface area contributed by atoms with Gasteiger partial charge in [-0.25, -0.2) is 4.68 Å². The number of allylic oxidation sites excluding steroid dienone is 2. The first kappa shape index (κ1) is 21.7. The minimum absolute atomic E-state index is 0.0226. The molecule has 0 spiro atoms. The third-order valence-electron chi connectivity index (χ3n) is 5.45. The van der Waals surface area contributed by atoms with E-state index in [0.29, 0.717) is 28.3 Å². The number of carbonyl (C=O) groups is 1. The standard InChI is InChI=1S/C24H25ClN4OS/c1-14(2)17-9-11-18(12-10-17)22-21(16(4)30)15(3)26-23-27-24(28-29(22)23)31-13-19-7-5-6-8-20(19)25/h5-12,14,22H,13H2,1-4H3,(H,26,27,28). The Morgan fingerprint density at radius 1 is 1.19 bits per heavy atom. The second-order valence-electron chi connectivity index (χ2n) is 7.99. The highest BCUT2D eigenvalue weighted by Gasteiger charge is 2.32. The SMILES string of the molecule is CC(=O)C1=C(C)Nc2nc(SCc3ccccc3Cl)nn2C1c1ccc(C(C)C)cc1. The van der Waals surface area contributed by atoms with Crippen LogP contribution >= 0.6 is 23.4 Å². The summed E-state index contributed by atoms with van der Waals surface area (Å²) in [5.74, 6) is 1.78. The van der Waals surface area contributed by atoms with E-state index in [2.05, 4.69) is 48.4 Å². The van der Waals surface area contributed by atoms with Gasteiger partial charge in [-0.15, -0.1) is 5.10 Å². The maximum atomic E-state index is 12.6. The molecular weight excluding hydrogens is 428 g/mol. The summed E-state index contributed by atoms with van der Waals surface area (Å²) in [6.45, 7) is 7.86. The van der Waals surface area contributed by atoms with Crippen LogP contribution in [0.3, 0.4) is 0 Å². The van der Waals surface area contributed by atoms with Crippen molar-refractivity contribution in [2.24, 2.45) is 0 Å². The average Bonchev–Trinajstić information content (AvgIpc) is 3.14. The van der Waals surface area contributed by atoms with Gasteiger partial charge in [0.1, 0.15) is 6.04 Å². The zero-order valence-electron chi connectivity index (χ0n) is 18.0. The monoisotopic (exact) mass is 452 g/mol. The first-order valence-corrected chi connectivity index (χ1v) is 11.6. The van der Waals surface area contributed by atoms with Gasteiger partial charge in [-0.2, -0.15) is 4.98 Å². The summed E-state index contributed by atoms with van der Waals surface area (Å²) >= 11 is 7.81. The third kappa shape index (κ3) is 4.41. The molecule has 2 aromatic carbocycles. The van der Waals surface area contributed by atoms with E-state index >= 15 is 0 Å². The van der Waals surface area contributed by atoms with Gasteiger partial charge in [0.05, 0.1) is 0 Å². The number of hydrogen-bond donors (Lipinski definition) is 1. The van der Waals surface area contributed by atoms with E-state index in [4.69, 9.17) is 16.7 Å². The molecule has 3 aromatic rings. The van der Waals surface area contributed by atoms with E-state index in [1.54, 1.807) is 6.92 Å². The number of hydrogen-bond acceptors (Lipinski definition) is 5. The normalized spacial score (nSPS) is 15.7. The van der Waals surface area contributed by atoms with Gasteiger partial charge >= 0.3 is 0 Å². The number of nitrogens with zero attached hydrogens (tertiary/aromatic N) is 3. The molecule has 0 saturated heterocycles. The van der Waals surface area contributed by atoms with Gasteiger partial charge in [0.25, 0.3) is 0 Å². The molecule has 31 heavy (non-hydrogen) atoms. The second kappa shape index (κ2) is 8.89. The topological polar surface area (TPSA) is 59.8 Å². The average molecular weight is 453 g/mol. The number of aromatic nitrogens is 3. The number of anilines is 1. The summed E-state index contributed by atoms with van der Waals surface area (Å²) in [6.07, 6.45) is 0. The van der Waals surface area contributed by atoms with Gasteiger partial charge in [0.15, 0.2) is 5.78 Å². The van der Waals surface area contributed by atoms with Gasteiger partial charge in [0, 0.05) is 22.0 Å². The number of rotatable bonds is 6. The van der Waals surface area contributed by atoms with Crippen LogP contribution in [-0.2, 0) is 10.5 Å². The highest BCUT2D eigenvalue weighted by atomic mass is 35.5. The van der Waals surface area contributed by atoms with E-state index in [1.807, 2.05) is 35.9 Å². The molecule has 7 heteroatoms. The number of ketones is 1. The Labute approximate surface area is 191 Å². The van der Waals surface area contributed by atoms with Crippen LogP contribution in [0.4, 0.5) is 5.95 Å². The zero-order chi connectivity index (χ0) is 22.1. The van der Waals surface area contributed by atoms with Crippen LogP contribution < -0.4 is 5.32 Å². The number of thioether (sulfide) groups is 1. The summed E-state index contributed by atoms with van der Waals surface area (Å²) in [7, 11) is 0. The lowest BCUT2D eigenvalue weighted by Crippen LogP contribution is -2.27. The number of nitrogens with one attached hydrogen (secondary N) is 1. The smallest absolute Gasteiger partial charge is 0.227 e. The minimum Gasteiger partial charge on any atom is -0.328 e. The molecule has 0 fully saturated rings. The molecule has 1 N–H and O–H groups in total. The molecule has 0 aliphatic carbocycles. The molecule has 1 unspecified atom stereocenters. The van der Waals surface area contributed by atoms with E-state index < -0.39 is 0 Å². The molecule has 160 valence electrons. The predicted molar refractivity (Wildman–Crippen MR) is 127 cm³/mol. The zero-order valence-corrected chi connectivity index (χ0v) is 19.6. The second-order valence-corrected chi connectivity index (χ2v) is 9.34. The molecule has 1 atom stereocenters. The molecule has 0 amide bonds. The molecular formula is C24H25ClN4OS. The Hall–Kier alpha value is -2.57. The van der Waals surface area contributed by atoms with Crippen LogP contribution in [0.5, 0.6) is 0 Å². The third-order valence-corrected chi connectivity index (χ3v) is 6.70. The van der Waals surface area contributed by atoms with Crippen molar-refractivity contribution in [3.05, 3.63) is 81.5 Å². The maximum Gasteiger partial charge on any atom is 0.227 e. The summed E-state index contributed by atoms with van der Waals surface area (Å²) in [6, 6.07) is 15.9. The molecule has 1 aliphatic rings. The number of benzene rings is 2. The number of fused-ring (bicyclic) bond motifs is 1. The highest BCUT2D eigenvalue weighted by Crippen LogP contribution is 2.37. The quantitative estimate of drug-likeness (QED) is 0.449. The fourth-order valence-corrected chi connectivity index (χ4v) is 4.89. The molecule has 4 rings (SSSR count). The summed E-state index contributed by atoms with van der Waals surface area (Å²) in [5.41, 5.74) is 4.83. The fourth-order valence-electron chi connectivity index (χ4n) is 3.78. The van der Waals surface area contributed by atoms with Crippen LogP contribution in [0.15, 0.2) is 65.0 Å². The summed E-state index contributed by atoms with van der Waals surface area (Å²) in [5, 5.41) is 9.39. The van der Waals surface area contributed by atoms with Gasteiger partial charge < -0.3 is 5.32 Å². The Morgan fingerprint density at radius 3 is 2.55 bits per heavy atom. The van der Waals surface area contributed by atoms with Crippen molar-refractivity contribution in [1.29, 1.82) is 0 Å². The summed E-state index contributed by atoms with van der Waals surface area (Å²) < 4.78 is 1.82. The number of halogens is 1. The molecule has 0 saturated carbocycles. The van der Waals surface area contributed by atoms with E-state index in [0.717, 1.165) is 21.8 Å². The van der Waals surface area contributed by atoms with Crippen LogP contribution in [0.25, 0.3) is 0 Å². The molecule has 0 radical (unpaired) electrons. The lowest BCUT2D eigenvalue weighted by atomic mass is 9.91. The van der Waals surface area contributed by atoms with Crippen LogP contribution in [0, 0.1) is 0 Å². The van der Waals surface area contributed by atoms with Gasteiger partial charge in [0.2, 0.25) is 11.1 Å². The summed E-state index contributed by atoms with van der Waals surface area (Å²) in [4.78, 5) is 17.2. The highest BCUT2D eigenvalue weighted by molar-refractivity contribution is 7.98. The van der Waals surface area contributed by atoms with Crippen molar-refractivity contribution in [3.8, 4) is 0 Å². The Bertz CT molecular complexity index is 1150. The van der Waals surface area contributed by atoms with Crippen LogP contribution in [-0.4, -0.2) is 20.5 Å². The molecule has 2 heterocycles.